The van der Waals surface area contributed by atoms with Gasteiger partial charge in [-0.15, -0.1) is 0 Å². The smallest absolute Gasteiger partial charge is 0.253 e. The van der Waals surface area contributed by atoms with Crippen molar-refractivity contribution in [1.29, 1.82) is 0 Å². The molecule has 1 amide bonds. The summed E-state index contributed by atoms with van der Waals surface area (Å²) in [5.74, 6) is 0.392. The first kappa shape index (κ1) is 12.9. The first-order chi connectivity index (χ1) is 8.56. The summed E-state index contributed by atoms with van der Waals surface area (Å²) in [6.45, 7) is 2.06. The van der Waals surface area contributed by atoms with Gasteiger partial charge in [0.25, 0.3) is 5.91 Å². The van der Waals surface area contributed by atoms with Crippen LogP contribution in [0.2, 0.25) is 10.0 Å². The summed E-state index contributed by atoms with van der Waals surface area (Å²) in [6.07, 6.45) is 0. The number of hydrogen-bond acceptors (Lipinski definition) is 3. The number of hydrogen-bond donors (Lipinski definition) is 1. The average molecular weight is 285 g/mol. The zero-order valence-electron chi connectivity index (χ0n) is 9.54. The Morgan fingerprint density at radius 1 is 1.39 bits per heavy atom. The lowest BCUT2D eigenvalue weighted by Gasteiger charge is -2.05. The molecule has 2 aromatic rings. The molecule has 4 nitrogen and oxygen atoms in total. The molecule has 94 valence electrons. The summed E-state index contributed by atoms with van der Waals surface area (Å²) in [5, 5.41) is 7.28. The highest BCUT2D eigenvalue weighted by molar-refractivity contribution is 6.35. The van der Waals surface area contributed by atoms with Crippen molar-refractivity contribution in [2.24, 2.45) is 0 Å². The molecule has 0 fully saturated rings. The molecule has 0 bridgehead atoms. The summed E-state index contributed by atoms with van der Waals surface area (Å²) < 4.78 is 4.90. The fraction of sp³-hybridized carbons (Fsp3) is 0.167. The molecule has 18 heavy (non-hydrogen) atoms. The molecule has 2 rings (SSSR count). The van der Waals surface area contributed by atoms with Crippen LogP contribution in [-0.2, 0) is 6.54 Å². The minimum Gasteiger partial charge on any atom is -0.361 e. The third kappa shape index (κ3) is 3.03. The highest BCUT2D eigenvalue weighted by Gasteiger charge is 2.11. The van der Waals surface area contributed by atoms with E-state index in [2.05, 4.69) is 10.5 Å². The predicted molar refractivity (Wildman–Crippen MR) is 68.9 cm³/mol. The molecule has 0 aliphatic carbocycles. The Hall–Kier alpha value is -1.52. The fourth-order valence-electron chi connectivity index (χ4n) is 1.44. The van der Waals surface area contributed by atoms with Gasteiger partial charge < -0.3 is 9.84 Å². The molecular formula is C12H10Cl2N2O2. The topological polar surface area (TPSA) is 55.1 Å². The zero-order chi connectivity index (χ0) is 13.1. The molecule has 0 unspecified atom stereocenters. The molecule has 0 saturated heterocycles. The zero-order valence-corrected chi connectivity index (χ0v) is 11.0. The van der Waals surface area contributed by atoms with Gasteiger partial charge in [0.05, 0.1) is 17.1 Å². The molecule has 1 N–H and O–H groups in total. The Bertz CT molecular complexity index is 581. The molecule has 0 atom stereocenters. The molecule has 1 aromatic carbocycles. The van der Waals surface area contributed by atoms with Gasteiger partial charge in [0.1, 0.15) is 11.5 Å². The van der Waals surface area contributed by atoms with Gasteiger partial charge in [-0.25, -0.2) is 0 Å². The van der Waals surface area contributed by atoms with E-state index in [1.165, 1.54) is 6.07 Å². The van der Waals surface area contributed by atoms with Crippen molar-refractivity contribution in [3.63, 3.8) is 0 Å². The van der Waals surface area contributed by atoms with E-state index in [-0.39, 0.29) is 12.5 Å². The molecule has 0 spiro atoms. The maximum atomic E-state index is 11.9. The Labute approximate surface area is 114 Å². The molecule has 1 heterocycles. The van der Waals surface area contributed by atoms with Gasteiger partial charge in [-0.2, -0.15) is 0 Å². The van der Waals surface area contributed by atoms with Crippen LogP contribution in [0, 0.1) is 6.92 Å². The van der Waals surface area contributed by atoms with Crippen molar-refractivity contribution in [2.75, 3.05) is 0 Å². The van der Waals surface area contributed by atoms with Crippen LogP contribution in [0.4, 0.5) is 0 Å². The van der Waals surface area contributed by atoms with Gasteiger partial charge in [0.15, 0.2) is 0 Å². The van der Waals surface area contributed by atoms with E-state index in [1.54, 1.807) is 25.1 Å². The number of aryl methyl sites for hydroxylation is 1. The van der Waals surface area contributed by atoms with Gasteiger partial charge in [0.2, 0.25) is 0 Å². The molecule has 6 heteroatoms. The lowest BCUT2D eigenvalue weighted by atomic mass is 10.2. The Morgan fingerprint density at radius 3 is 2.83 bits per heavy atom. The van der Waals surface area contributed by atoms with Crippen LogP contribution in [0.15, 0.2) is 28.8 Å². The van der Waals surface area contributed by atoms with Crippen LogP contribution in [0.1, 0.15) is 21.8 Å². The molecule has 0 aliphatic heterocycles. The second-order valence-electron chi connectivity index (χ2n) is 3.74. The first-order valence-corrected chi connectivity index (χ1v) is 5.97. The van der Waals surface area contributed by atoms with E-state index in [4.69, 9.17) is 27.7 Å². The number of aromatic nitrogens is 1. The molecular weight excluding hydrogens is 275 g/mol. The maximum Gasteiger partial charge on any atom is 0.253 e. The van der Waals surface area contributed by atoms with E-state index < -0.39 is 0 Å². The second-order valence-corrected chi connectivity index (χ2v) is 4.58. The number of nitrogens with zero attached hydrogens (tertiary/aromatic N) is 1. The maximum absolute atomic E-state index is 11.9. The molecule has 0 radical (unpaired) electrons. The van der Waals surface area contributed by atoms with Crippen molar-refractivity contribution in [3.05, 3.63) is 51.3 Å². The first-order valence-electron chi connectivity index (χ1n) is 5.21. The third-order valence-corrected chi connectivity index (χ3v) is 2.84. The molecule has 0 saturated carbocycles. The van der Waals surface area contributed by atoms with Gasteiger partial charge >= 0.3 is 0 Å². The van der Waals surface area contributed by atoms with Crippen LogP contribution in [0.5, 0.6) is 0 Å². The van der Waals surface area contributed by atoms with Crippen LogP contribution in [0.25, 0.3) is 0 Å². The summed E-state index contributed by atoms with van der Waals surface area (Å²) in [5.41, 5.74) is 0.989. The predicted octanol–water partition coefficient (Wildman–Crippen LogP) is 3.22. The number of amides is 1. The number of rotatable bonds is 3. The summed E-state index contributed by atoms with van der Waals surface area (Å²) >= 11 is 11.7. The second kappa shape index (κ2) is 5.42. The number of halogens is 2. The van der Waals surface area contributed by atoms with Crippen molar-refractivity contribution >= 4 is 29.1 Å². The lowest BCUT2D eigenvalue weighted by molar-refractivity contribution is 0.0950. The highest BCUT2D eigenvalue weighted by atomic mass is 35.5. The summed E-state index contributed by atoms with van der Waals surface area (Å²) in [7, 11) is 0. The Balaban J connectivity index is 2.05. The van der Waals surface area contributed by atoms with Crippen LogP contribution < -0.4 is 5.32 Å². The summed E-state index contributed by atoms with van der Waals surface area (Å²) in [4.78, 5) is 11.9. The van der Waals surface area contributed by atoms with Gasteiger partial charge in [-0.1, -0.05) is 28.4 Å². The highest BCUT2D eigenvalue weighted by Crippen LogP contribution is 2.20. The Kier molecular flexibility index (Phi) is 3.89. The van der Waals surface area contributed by atoms with Gasteiger partial charge in [-0.05, 0) is 25.1 Å². The minimum absolute atomic E-state index is 0.277. The quantitative estimate of drug-likeness (QED) is 0.942. The van der Waals surface area contributed by atoms with Crippen molar-refractivity contribution in [2.45, 2.75) is 13.5 Å². The third-order valence-electron chi connectivity index (χ3n) is 2.28. The lowest BCUT2D eigenvalue weighted by Crippen LogP contribution is -2.23. The number of carbonyl (C=O) groups is 1. The van der Waals surface area contributed by atoms with E-state index in [0.717, 1.165) is 0 Å². The summed E-state index contributed by atoms with van der Waals surface area (Å²) in [6, 6.07) is 6.48. The largest absolute Gasteiger partial charge is 0.361 e. The number of benzene rings is 1. The van der Waals surface area contributed by atoms with Crippen LogP contribution >= 0.6 is 23.2 Å². The van der Waals surface area contributed by atoms with E-state index in [0.29, 0.717) is 27.1 Å². The number of nitrogens with one attached hydrogen (secondary N) is 1. The van der Waals surface area contributed by atoms with Crippen molar-refractivity contribution in [1.82, 2.24) is 10.5 Å². The van der Waals surface area contributed by atoms with E-state index in [9.17, 15) is 4.79 Å². The SMILES string of the molecule is Cc1cc(CNC(=O)c2cc(Cl)ccc2Cl)no1. The molecule has 1 aromatic heterocycles. The van der Waals surface area contributed by atoms with Gasteiger partial charge in [-0.3, -0.25) is 4.79 Å². The van der Waals surface area contributed by atoms with Gasteiger partial charge in [0, 0.05) is 11.1 Å². The van der Waals surface area contributed by atoms with Crippen molar-refractivity contribution < 1.29 is 9.32 Å². The van der Waals surface area contributed by atoms with E-state index in [1.807, 2.05) is 0 Å². The normalized spacial score (nSPS) is 10.4. The van der Waals surface area contributed by atoms with E-state index >= 15 is 0 Å². The van der Waals surface area contributed by atoms with Crippen LogP contribution in [0.3, 0.4) is 0 Å². The molecule has 0 aliphatic rings. The van der Waals surface area contributed by atoms with Crippen LogP contribution in [-0.4, -0.2) is 11.1 Å². The average Bonchev–Trinajstić information content (AvgIpc) is 2.75. The van der Waals surface area contributed by atoms with Crippen molar-refractivity contribution in [3.8, 4) is 0 Å². The number of carbonyl (C=O) groups excluding carboxylic acids is 1. The fourth-order valence-corrected chi connectivity index (χ4v) is 1.81. The monoisotopic (exact) mass is 284 g/mol. The Morgan fingerprint density at radius 2 is 2.17 bits per heavy atom. The minimum atomic E-state index is -0.303. The standard InChI is InChI=1S/C12H10Cl2N2O2/c1-7-4-9(16-18-7)6-15-12(17)10-5-8(13)2-3-11(10)14/h2-5H,6H2,1H3,(H,15,17).